The number of hydrogen-bond acceptors (Lipinski definition) is 5. The van der Waals surface area contributed by atoms with E-state index >= 15 is 0 Å². The number of aromatic nitrogens is 3. The Balaban J connectivity index is 2.08. The van der Waals surface area contributed by atoms with Crippen LogP contribution < -0.4 is 16.6 Å². The van der Waals surface area contributed by atoms with E-state index in [0.29, 0.717) is 11.5 Å². The maximum absolute atomic E-state index is 11.7. The first-order valence-corrected chi connectivity index (χ1v) is 5.19. The molecule has 2 aromatic heterocycles. The molecule has 0 fully saturated rings. The van der Waals surface area contributed by atoms with Crippen LogP contribution >= 0.6 is 0 Å². The number of carbonyl (C=O) groups excluding carboxylic acids is 1. The molecule has 0 aliphatic heterocycles. The van der Waals surface area contributed by atoms with Crippen molar-refractivity contribution < 1.29 is 4.79 Å². The highest BCUT2D eigenvalue weighted by Crippen LogP contribution is 1.99. The normalized spacial score (nSPS) is 10.0. The molecule has 2 rings (SSSR count). The van der Waals surface area contributed by atoms with Crippen molar-refractivity contribution >= 4 is 17.4 Å². The van der Waals surface area contributed by atoms with Crippen molar-refractivity contribution in [3.63, 3.8) is 0 Å². The lowest BCUT2D eigenvalue weighted by molar-refractivity contribution is -0.116. The summed E-state index contributed by atoms with van der Waals surface area (Å²) in [7, 11) is 0. The largest absolute Gasteiger partial charge is 0.398 e. The minimum Gasteiger partial charge on any atom is -0.398 e. The van der Waals surface area contributed by atoms with Crippen LogP contribution in [0.25, 0.3) is 0 Å². The summed E-state index contributed by atoms with van der Waals surface area (Å²) in [6, 6.07) is 6.05. The van der Waals surface area contributed by atoms with Gasteiger partial charge in [0.1, 0.15) is 6.54 Å². The van der Waals surface area contributed by atoms with Gasteiger partial charge in [0.05, 0.1) is 0 Å². The predicted octanol–water partition coefficient (Wildman–Crippen LogP) is -0.141. The Morgan fingerprint density at radius 2 is 2.22 bits per heavy atom. The zero-order valence-electron chi connectivity index (χ0n) is 9.41. The highest BCUT2D eigenvalue weighted by atomic mass is 16.2. The molecule has 0 atom stereocenters. The number of nitrogens with one attached hydrogen (secondary N) is 1. The Labute approximate surface area is 102 Å². The third-order valence-corrected chi connectivity index (χ3v) is 2.16. The molecule has 0 radical (unpaired) electrons. The van der Waals surface area contributed by atoms with Crippen molar-refractivity contribution in [2.75, 3.05) is 11.1 Å². The van der Waals surface area contributed by atoms with E-state index in [1.807, 2.05) is 0 Å². The molecule has 0 unspecified atom stereocenters. The van der Waals surface area contributed by atoms with E-state index in [-0.39, 0.29) is 18.0 Å². The van der Waals surface area contributed by atoms with Crippen molar-refractivity contribution in [2.45, 2.75) is 6.54 Å². The highest BCUT2D eigenvalue weighted by Gasteiger charge is 2.05. The fourth-order valence-electron chi connectivity index (χ4n) is 1.38. The number of rotatable bonds is 3. The number of pyridine rings is 1. The smallest absolute Gasteiger partial charge is 0.251 e. The first kappa shape index (κ1) is 11.8. The van der Waals surface area contributed by atoms with Gasteiger partial charge in [0.25, 0.3) is 5.56 Å². The van der Waals surface area contributed by atoms with Gasteiger partial charge in [-0.15, -0.1) is 5.10 Å². The van der Waals surface area contributed by atoms with E-state index in [1.165, 1.54) is 29.1 Å². The number of carbonyl (C=O) groups is 1. The average molecular weight is 245 g/mol. The number of nitrogen functional groups attached to an aromatic ring is 1. The minimum atomic E-state index is -0.372. The van der Waals surface area contributed by atoms with E-state index in [2.05, 4.69) is 15.5 Å². The van der Waals surface area contributed by atoms with Crippen LogP contribution in [0.1, 0.15) is 0 Å². The average Bonchev–Trinajstić information content (AvgIpc) is 2.35. The molecule has 0 aliphatic rings. The third-order valence-electron chi connectivity index (χ3n) is 2.16. The van der Waals surface area contributed by atoms with E-state index < -0.39 is 0 Å². The Morgan fingerprint density at radius 3 is 2.94 bits per heavy atom. The molecule has 0 aliphatic carbocycles. The van der Waals surface area contributed by atoms with Gasteiger partial charge in [0.2, 0.25) is 5.91 Å². The molecular formula is C11H11N5O2. The van der Waals surface area contributed by atoms with Crippen LogP contribution in [0.5, 0.6) is 0 Å². The zero-order valence-corrected chi connectivity index (χ0v) is 9.41. The van der Waals surface area contributed by atoms with Crippen molar-refractivity contribution in [1.82, 2.24) is 14.8 Å². The topological polar surface area (TPSA) is 103 Å². The summed E-state index contributed by atoms with van der Waals surface area (Å²) in [5, 5.41) is 9.85. The molecule has 3 N–H and O–H groups in total. The number of amides is 1. The van der Waals surface area contributed by atoms with Crippen LogP contribution in [0, 0.1) is 0 Å². The van der Waals surface area contributed by atoms with Gasteiger partial charge in [0.15, 0.2) is 5.82 Å². The molecule has 0 saturated heterocycles. The maximum atomic E-state index is 11.7. The molecule has 1 amide bonds. The summed E-state index contributed by atoms with van der Waals surface area (Å²) < 4.78 is 1.22. The molecule has 7 nitrogen and oxygen atoms in total. The molecule has 0 saturated carbocycles. The van der Waals surface area contributed by atoms with Gasteiger partial charge in [-0.1, -0.05) is 0 Å². The van der Waals surface area contributed by atoms with Gasteiger partial charge in [-0.05, 0) is 18.2 Å². The second-order valence-corrected chi connectivity index (χ2v) is 3.59. The summed E-state index contributed by atoms with van der Waals surface area (Å²) >= 11 is 0. The fourth-order valence-corrected chi connectivity index (χ4v) is 1.38. The van der Waals surface area contributed by atoms with E-state index in [9.17, 15) is 9.59 Å². The first-order chi connectivity index (χ1) is 8.65. The Bertz CT molecular complexity index is 608. The Hall–Kier alpha value is -2.70. The maximum Gasteiger partial charge on any atom is 0.251 e. The van der Waals surface area contributed by atoms with E-state index in [1.54, 1.807) is 12.1 Å². The van der Waals surface area contributed by atoms with Crippen LogP contribution in [0.3, 0.4) is 0 Å². The Kier molecular flexibility index (Phi) is 3.33. The summed E-state index contributed by atoms with van der Waals surface area (Å²) in [4.78, 5) is 23.1. The van der Waals surface area contributed by atoms with Gasteiger partial charge < -0.3 is 15.6 Å². The van der Waals surface area contributed by atoms with Crippen LogP contribution in [-0.2, 0) is 11.3 Å². The number of nitrogens with zero attached hydrogens (tertiary/aromatic N) is 3. The number of anilines is 2. The highest BCUT2D eigenvalue weighted by molar-refractivity contribution is 5.89. The van der Waals surface area contributed by atoms with Gasteiger partial charge >= 0.3 is 0 Å². The fraction of sp³-hybridized carbons (Fsp3) is 0.0909. The molecule has 0 aromatic carbocycles. The minimum absolute atomic E-state index is 0.125. The van der Waals surface area contributed by atoms with Crippen LogP contribution in [0.2, 0.25) is 0 Å². The van der Waals surface area contributed by atoms with Crippen molar-refractivity contribution in [1.29, 1.82) is 0 Å². The summed E-state index contributed by atoms with van der Waals surface area (Å²) in [5.74, 6) is -0.0392. The van der Waals surface area contributed by atoms with Crippen LogP contribution in [0.15, 0.2) is 41.5 Å². The number of hydrogen-bond donors (Lipinski definition) is 2. The summed E-state index contributed by atoms with van der Waals surface area (Å²) in [5.41, 5.74) is 5.67. The lowest BCUT2D eigenvalue weighted by Crippen LogP contribution is -2.27. The van der Waals surface area contributed by atoms with Crippen LogP contribution in [0.4, 0.5) is 11.5 Å². The quantitative estimate of drug-likeness (QED) is 0.783. The molecular weight excluding hydrogens is 234 g/mol. The van der Waals surface area contributed by atoms with Gasteiger partial charge in [0, 0.05) is 24.1 Å². The van der Waals surface area contributed by atoms with Crippen LogP contribution in [-0.4, -0.2) is 20.7 Å². The number of nitrogens with two attached hydrogens (primary N) is 1. The van der Waals surface area contributed by atoms with Gasteiger partial charge in [-0.25, -0.2) is 0 Å². The molecule has 92 valence electrons. The van der Waals surface area contributed by atoms with E-state index in [4.69, 9.17) is 5.73 Å². The predicted molar refractivity (Wildman–Crippen MR) is 65.8 cm³/mol. The monoisotopic (exact) mass is 245 g/mol. The molecule has 18 heavy (non-hydrogen) atoms. The molecule has 2 heterocycles. The first-order valence-electron chi connectivity index (χ1n) is 5.19. The second-order valence-electron chi connectivity index (χ2n) is 3.59. The molecule has 0 bridgehead atoms. The SMILES string of the molecule is Nc1ccc(=O)n(CC(=O)Nc2cccnn2)c1. The third kappa shape index (κ3) is 2.91. The summed E-state index contributed by atoms with van der Waals surface area (Å²) in [6.45, 7) is -0.125. The van der Waals surface area contributed by atoms with Gasteiger partial charge in [-0.3, -0.25) is 9.59 Å². The van der Waals surface area contributed by atoms with Crippen molar-refractivity contribution in [3.05, 3.63) is 47.0 Å². The lowest BCUT2D eigenvalue weighted by atomic mass is 10.4. The zero-order chi connectivity index (χ0) is 13.0. The van der Waals surface area contributed by atoms with E-state index in [0.717, 1.165) is 0 Å². The summed E-state index contributed by atoms with van der Waals surface area (Å²) in [6.07, 6.45) is 2.91. The standard InChI is InChI=1S/C11H11N5O2/c12-8-3-4-11(18)16(6-8)7-10(17)14-9-2-1-5-13-15-9/h1-6H,7,12H2,(H,14,15,17). The molecule has 0 spiro atoms. The van der Waals surface area contributed by atoms with Crippen molar-refractivity contribution in [2.24, 2.45) is 0 Å². The lowest BCUT2D eigenvalue weighted by Gasteiger charge is -2.06. The molecule has 2 aromatic rings. The molecule has 7 heteroatoms. The second kappa shape index (κ2) is 5.09. The van der Waals surface area contributed by atoms with Gasteiger partial charge in [-0.2, -0.15) is 5.10 Å². The van der Waals surface area contributed by atoms with Crippen molar-refractivity contribution in [3.8, 4) is 0 Å². The Morgan fingerprint density at radius 1 is 1.39 bits per heavy atom.